The number of hydrogen-bond donors (Lipinski definition) is 1. The Hall–Kier alpha value is -2.07. The largest absolute Gasteiger partial charge is 0.496 e. The maximum Gasteiger partial charge on any atom is 0.146 e. The van der Waals surface area contributed by atoms with E-state index in [0.29, 0.717) is 17.0 Å². The third-order valence-electron chi connectivity index (χ3n) is 3.45. The quantitative estimate of drug-likeness (QED) is 0.916. The molecule has 2 aromatic carbocycles. The molecule has 3 nitrogen and oxygen atoms in total. The molecule has 0 aromatic heterocycles. The average molecular weight is 289 g/mol. The van der Waals surface area contributed by atoms with Gasteiger partial charge in [-0.05, 0) is 31.2 Å². The molecule has 0 radical (unpaired) electrons. The number of hydrogen-bond acceptors (Lipinski definition) is 3. The van der Waals surface area contributed by atoms with Crippen molar-refractivity contribution in [2.24, 2.45) is 0 Å². The van der Waals surface area contributed by atoms with Crippen LogP contribution in [-0.2, 0) is 0 Å². The van der Waals surface area contributed by atoms with Gasteiger partial charge in [-0.3, -0.25) is 0 Å². The first-order valence-electron chi connectivity index (χ1n) is 6.81. The molecule has 1 atom stereocenters. The third kappa shape index (κ3) is 3.52. The van der Waals surface area contributed by atoms with Crippen molar-refractivity contribution in [3.05, 3.63) is 59.4 Å². The number of halogens is 1. The van der Waals surface area contributed by atoms with Gasteiger partial charge in [0.25, 0.3) is 0 Å². The van der Waals surface area contributed by atoms with E-state index in [4.69, 9.17) is 4.74 Å². The first-order chi connectivity index (χ1) is 10.0. The van der Waals surface area contributed by atoms with E-state index < -0.39 is 6.10 Å². The van der Waals surface area contributed by atoms with Crippen LogP contribution in [0.1, 0.15) is 17.2 Å². The van der Waals surface area contributed by atoms with Crippen LogP contribution in [0.15, 0.2) is 42.5 Å². The maximum atomic E-state index is 13.8. The van der Waals surface area contributed by atoms with Gasteiger partial charge < -0.3 is 14.7 Å². The summed E-state index contributed by atoms with van der Waals surface area (Å²) in [6.07, 6.45) is -0.760. The molecule has 2 aromatic rings. The SMILES string of the molecule is COc1ccc(C)cc1C(O)CN(C)c1ccccc1F. The van der Waals surface area contributed by atoms with Crippen LogP contribution >= 0.6 is 0 Å². The molecule has 21 heavy (non-hydrogen) atoms. The fourth-order valence-electron chi connectivity index (χ4n) is 2.33. The lowest BCUT2D eigenvalue weighted by atomic mass is 10.0. The minimum absolute atomic E-state index is 0.279. The normalized spacial score (nSPS) is 12.0. The Labute approximate surface area is 124 Å². The molecule has 2 rings (SSSR count). The number of rotatable bonds is 5. The highest BCUT2D eigenvalue weighted by Crippen LogP contribution is 2.28. The number of para-hydroxylation sites is 1. The molecule has 0 saturated heterocycles. The number of aliphatic hydroxyl groups excluding tert-OH is 1. The summed E-state index contributed by atoms with van der Waals surface area (Å²) in [4.78, 5) is 1.70. The predicted molar refractivity (Wildman–Crippen MR) is 82.4 cm³/mol. The summed E-state index contributed by atoms with van der Waals surface area (Å²) < 4.78 is 19.0. The van der Waals surface area contributed by atoms with Crippen molar-refractivity contribution in [1.82, 2.24) is 0 Å². The Bertz CT molecular complexity index is 615. The van der Waals surface area contributed by atoms with Gasteiger partial charge in [0.15, 0.2) is 0 Å². The maximum absolute atomic E-state index is 13.8. The summed E-state index contributed by atoms with van der Waals surface area (Å²) in [5.74, 6) is 0.332. The minimum atomic E-state index is -0.760. The molecule has 0 spiro atoms. The van der Waals surface area contributed by atoms with E-state index in [2.05, 4.69) is 0 Å². The van der Waals surface area contributed by atoms with E-state index in [-0.39, 0.29) is 12.4 Å². The molecule has 0 bridgehead atoms. The Morgan fingerprint density at radius 3 is 2.62 bits per heavy atom. The standard InChI is InChI=1S/C17H20FNO2/c1-12-8-9-17(21-3)13(10-12)16(20)11-19(2)15-7-5-4-6-14(15)18/h4-10,16,20H,11H2,1-3H3. The first kappa shape index (κ1) is 15.3. The van der Waals surface area contributed by atoms with Crippen LogP contribution < -0.4 is 9.64 Å². The van der Waals surface area contributed by atoms with Gasteiger partial charge in [-0.1, -0.05) is 23.8 Å². The van der Waals surface area contributed by atoms with E-state index in [1.807, 2.05) is 25.1 Å². The van der Waals surface area contributed by atoms with Crippen molar-refractivity contribution >= 4 is 5.69 Å². The number of benzene rings is 2. The van der Waals surface area contributed by atoms with Crippen LogP contribution in [0.4, 0.5) is 10.1 Å². The van der Waals surface area contributed by atoms with E-state index >= 15 is 0 Å². The fourth-order valence-corrected chi connectivity index (χ4v) is 2.33. The molecule has 0 amide bonds. The lowest BCUT2D eigenvalue weighted by molar-refractivity contribution is 0.180. The summed E-state index contributed by atoms with van der Waals surface area (Å²) in [5.41, 5.74) is 2.21. The first-order valence-corrected chi connectivity index (χ1v) is 6.81. The van der Waals surface area contributed by atoms with Gasteiger partial charge in [0.1, 0.15) is 17.7 Å². The highest BCUT2D eigenvalue weighted by molar-refractivity contribution is 5.48. The average Bonchev–Trinajstić information content (AvgIpc) is 2.47. The zero-order valence-electron chi connectivity index (χ0n) is 12.5. The second-order valence-corrected chi connectivity index (χ2v) is 5.09. The second-order valence-electron chi connectivity index (χ2n) is 5.09. The molecule has 0 saturated carbocycles. The Kier molecular flexibility index (Phi) is 4.81. The molecule has 0 heterocycles. The highest BCUT2D eigenvalue weighted by Gasteiger charge is 2.17. The molecule has 0 aliphatic carbocycles. The van der Waals surface area contributed by atoms with Gasteiger partial charge in [0.05, 0.1) is 12.8 Å². The summed E-state index contributed by atoms with van der Waals surface area (Å²) in [6.45, 7) is 2.23. The second kappa shape index (κ2) is 6.59. The summed E-state index contributed by atoms with van der Waals surface area (Å²) in [7, 11) is 3.32. The van der Waals surface area contributed by atoms with Crippen LogP contribution in [0.25, 0.3) is 0 Å². The Morgan fingerprint density at radius 2 is 1.95 bits per heavy atom. The molecule has 4 heteroatoms. The number of aliphatic hydroxyl groups is 1. The van der Waals surface area contributed by atoms with E-state index in [9.17, 15) is 9.50 Å². The molecule has 0 fully saturated rings. The number of ether oxygens (including phenoxy) is 1. The van der Waals surface area contributed by atoms with E-state index in [1.165, 1.54) is 6.07 Å². The molecule has 1 N–H and O–H groups in total. The predicted octanol–water partition coefficient (Wildman–Crippen LogP) is 3.31. The van der Waals surface area contributed by atoms with Crippen molar-refractivity contribution in [3.63, 3.8) is 0 Å². The number of methoxy groups -OCH3 is 1. The molecule has 1 unspecified atom stereocenters. The fraction of sp³-hybridized carbons (Fsp3) is 0.294. The lowest BCUT2D eigenvalue weighted by Crippen LogP contribution is -2.25. The summed E-state index contributed by atoms with van der Waals surface area (Å²) in [6, 6.07) is 12.2. The third-order valence-corrected chi connectivity index (χ3v) is 3.45. The van der Waals surface area contributed by atoms with Gasteiger partial charge in [0, 0.05) is 19.2 Å². The van der Waals surface area contributed by atoms with Gasteiger partial charge in [-0.15, -0.1) is 0 Å². The smallest absolute Gasteiger partial charge is 0.146 e. The summed E-state index contributed by atoms with van der Waals surface area (Å²) in [5, 5.41) is 10.4. The number of nitrogens with zero attached hydrogens (tertiary/aromatic N) is 1. The number of likely N-dealkylation sites (N-methyl/N-ethyl adjacent to an activating group) is 1. The van der Waals surface area contributed by atoms with Crippen molar-refractivity contribution in [3.8, 4) is 5.75 Å². The van der Waals surface area contributed by atoms with Gasteiger partial charge in [-0.2, -0.15) is 0 Å². The van der Waals surface area contributed by atoms with Crippen LogP contribution in [0.2, 0.25) is 0 Å². The van der Waals surface area contributed by atoms with Crippen molar-refractivity contribution in [1.29, 1.82) is 0 Å². The Balaban J connectivity index is 2.20. The Morgan fingerprint density at radius 1 is 1.24 bits per heavy atom. The van der Waals surface area contributed by atoms with E-state index in [1.54, 1.807) is 37.3 Å². The molecular formula is C17H20FNO2. The zero-order valence-corrected chi connectivity index (χ0v) is 12.5. The van der Waals surface area contributed by atoms with Crippen LogP contribution in [-0.4, -0.2) is 25.8 Å². The van der Waals surface area contributed by atoms with Crippen molar-refractivity contribution in [2.75, 3.05) is 25.6 Å². The topological polar surface area (TPSA) is 32.7 Å². The summed E-state index contributed by atoms with van der Waals surface area (Å²) >= 11 is 0. The van der Waals surface area contributed by atoms with E-state index in [0.717, 1.165) is 5.56 Å². The van der Waals surface area contributed by atoms with Gasteiger partial charge in [0.2, 0.25) is 0 Å². The zero-order chi connectivity index (χ0) is 15.4. The number of anilines is 1. The molecule has 0 aliphatic rings. The molecule has 0 aliphatic heterocycles. The van der Waals surface area contributed by atoms with Gasteiger partial charge >= 0.3 is 0 Å². The van der Waals surface area contributed by atoms with Crippen LogP contribution in [0, 0.1) is 12.7 Å². The van der Waals surface area contributed by atoms with Gasteiger partial charge in [-0.25, -0.2) is 4.39 Å². The minimum Gasteiger partial charge on any atom is -0.496 e. The number of aryl methyl sites for hydroxylation is 1. The monoisotopic (exact) mass is 289 g/mol. The molecule has 112 valence electrons. The lowest BCUT2D eigenvalue weighted by Gasteiger charge is -2.24. The van der Waals surface area contributed by atoms with Crippen molar-refractivity contribution < 1.29 is 14.2 Å². The molecular weight excluding hydrogens is 269 g/mol. The van der Waals surface area contributed by atoms with Crippen LogP contribution in [0.3, 0.4) is 0 Å². The van der Waals surface area contributed by atoms with Crippen LogP contribution in [0.5, 0.6) is 5.75 Å². The highest BCUT2D eigenvalue weighted by atomic mass is 19.1. The van der Waals surface area contributed by atoms with Crippen molar-refractivity contribution in [2.45, 2.75) is 13.0 Å².